The van der Waals surface area contributed by atoms with Gasteiger partial charge in [-0.3, -0.25) is 18.7 Å². The molecule has 32 heavy (non-hydrogen) atoms. The molecule has 0 saturated carbocycles. The predicted octanol–water partition coefficient (Wildman–Crippen LogP) is 3.61. The number of carbonyl (C=O) groups excluding carboxylic acids is 3. The summed E-state index contributed by atoms with van der Waals surface area (Å²) in [4.78, 5) is 51.4. The van der Waals surface area contributed by atoms with Crippen molar-refractivity contribution >= 4 is 26.2 Å². The molecule has 180 valence electrons. The second-order valence-corrected chi connectivity index (χ2v) is 15.6. The Morgan fingerprint density at radius 2 is 1.72 bits per heavy atom. The maximum atomic E-state index is 13.1. The van der Waals surface area contributed by atoms with Crippen LogP contribution in [0.4, 0.5) is 4.79 Å². The Morgan fingerprint density at radius 1 is 1.12 bits per heavy atom. The number of hydrogen-bond acceptors (Lipinski definition) is 6. The number of carbonyl (C=O) groups is 3. The van der Waals surface area contributed by atoms with E-state index in [2.05, 4.69) is 33.9 Å². The monoisotopic (exact) mass is 467 g/mol. The molecule has 1 aliphatic rings. The van der Waals surface area contributed by atoms with Gasteiger partial charge in [0, 0.05) is 24.9 Å². The minimum absolute atomic E-state index is 0.0266. The third kappa shape index (κ3) is 5.58. The average molecular weight is 468 g/mol. The zero-order valence-corrected chi connectivity index (χ0v) is 21.8. The Morgan fingerprint density at radius 3 is 2.25 bits per heavy atom. The van der Waals surface area contributed by atoms with Gasteiger partial charge in [0.05, 0.1) is 6.61 Å². The number of imidazole rings is 1. The molecule has 0 aliphatic carbocycles. The first kappa shape index (κ1) is 26.1. The van der Waals surface area contributed by atoms with Crippen molar-refractivity contribution in [3.63, 3.8) is 0 Å². The first-order valence-corrected chi connectivity index (χ1v) is 13.9. The highest BCUT2D eigenvalue weighted by atomic mass is 28.4. The van der Waals surface area contributed by atoms with Crippen LogP contribution in [-0.2, 0) is 25.3 Å². The largest absolute Gasteiger partial charge is 0.443 e. The second kappa shape index (κ2) is 8.97. The molecule has 1 fully saturated rings. The number of amides is 3. The maximum absolute atomic E-state index is 13.1. The molecule has 1 unspecified atom stereocenters. The van der Waals surface area contributed by atoms with Crippen molar-refractivity contribution < 1.29 is 23.5 Å². The predicted molar refractivity (Wildman–Crippen MR) is 123 cm³/mol. The third-order valence-electron chi connectivity index (χ3n) is 6.05. The van der Waals surface area contributed by atoms with E-state index in [0.29, 0.717) is 23.7 Å². The molecule has 3 amide bonds. The summed E-state index contributed by atoms with van der Waals surface area (Å²) in [6, 6.07) is -0.935. The van der Waals surface area contributed by atoms with Gasteiger partial charge in [0.15, 0.2) is 8.32 Å². The highest BCUT2D eigenvalue weighted by Crippen LogP contribution is 2.36. The molecule has 1 atom stereocenters. The number of rotatable bonds is 5. The van der Waals surface area contributed by atoms with Crippen molar-refractivity contribution in [3.05, 3.63) is 22.4 Å². The number of ether oxygens (including phenoxy) is 1. The fourth-order valence-electron chi connectivity index (χ4n) is 3.29. The van der Waals surface area contributed by atoms with E-state index in [4.69, 9.17) is 9.16 Å². The van der Waals surface area contributed by atoms with Crippen molar-refractivity contribution in [1.82, 2.24) is 14.0 Å². The van der Waals surface area contributed by atoms with Crippen LogP contribution in [0.2, 0.25) is 18.1 Å². The van der Waals surface area contributed by atoms with Gasteiger partial charge in [-0.25, -0.2) is 9.59 Å². The summed E-state index contributed by atoms with van der Waals surface area (Å²) in [6.07, 6.45) is 0.799. The summed E-state index contributed by atoms with van der Waals surface area (Å²) in [6.45, 7) is 18.2. The summed E-state index contributed by atoms with van der Waals surface area (Å²) < 4.78 is 14.3. The lowest BCUT2D eigenvalue weighted by Crippen LogP contribution is -2.52. The summed E-state index contributed by atoms with van der Waals surface area (Å²) in [5.41, 5.74) is -0.637. The highest BCUT2D eigenvalue weighted by molar-refractivity contribution is 6.74. The number of imide groups is 3. The van der Waals surface area contributed by atoms with E-state index in [1.54, 1.807) is 33.9 Å². The molecule has 0 bridgehead atoms. The lowest BCUT2D eigenvalue weighted by atomic mass is 10.0. The smallest absolute Gasteiger partial charge is 0.424 e. The van der Waals surface area contributed by atoms with Crippen LogP contribution in [-0.4, -0.2) is 52.5 Å². The van der Waals surface area contributed by atoms with Gasteiger partial charge in [-0.15, -0.1) is 0 Å². The molecule has 1 aliphatic heterocycles. The van der Waals surface area contributed by atoms with Gasteiger partial charge in [-0.2, -0.15) is 4.90 Å². The van der Waals surface area contributed by atoms with Crippen molar-refractivity contribution in [1.29, 1.82) is 0 Å². The highest BCUT2D eigenvalue weighted by Gasteiger charge is 2.42. The van der Waals surface area contributed by atoms with Gasteiger partial charge in [0.25, 0.3) is 5.91 Å². The number of aromatic nitrogens is 2. The number of hydrogen-bond donors (Lipinski definition) is 0. The molecular weight excluding hydrogens is 430 g/mol. The summed E-state index contributed by atoms with van der Waals surface area (Å²) in [5.74, 6) is -1.36. The van der Waals surface area contributed by atoms with Crippen LogP contribution in [0, 0.1) is 6.92 Å². The van der Waals surface area contributed by atoms with Crippen LogP contribution in [0.15, 0.2) is 11.0 Å². The molecule has 0 N–H and O–H groups in total. The first-order chi connectivity index (χ1) is 14.5. The SMILES string of the molecule is Cc1cn(CCO[Si](C)(C)C(C)(C)C)c(=O)n1C1CCC(=O)N(C(=O)OC(C)(C)C)C1=O. The Labute approximate surface area is 190 Å². The number of aryl methyl sites for hydroxylation is 1. The normalized spacial score (nSPS) is 18.3. The van der Waals surface area contributed by atoms with Gasteiger partial charge in [-0.1, -0.05) is 20.8 Å². The summed E-state index contributed by atoms with van der Waals surface area (Å²) >= 11 is 0. The van der Waals surface area contributed by atoms with Crippen LogP contribution in [0.1, 0.15) is 66.1 Å². The lowest BCUT2D eigenvalue weighted by molar-refractivity contribution is -0.149. The number of likely N-dealkylation sites (tertiary alicyclic amines) is 1. The Hall–Kier alpha value is -2.20. The van der Waals surface area contributed by atoms with Crippen molar-refractivity contribution in [3.8, 4) is 0 Å². The topological polar surface area (TPSA) is 99.8 Å². The minimum Gasteiger partial charge on any atom is -0.443 e. The Kier molecular flexibility index (Phi) is 7.31. The van der Waals surface area contributed by atoms with E-state index < -0.39 is 37.9 Å². The zero-order valence-electron chi connectivity index (χ0n) is 20.8. The van der Waals surface area contributed by atoms with Gasteiger partial charge in [-0.05, 0) is 52.2 Å². The van der Waals surface area contributed by atoms with Crippen molar-refractivity contribution in [2.75, 3.05) is 6.61 Å². The Balaban J connectivity index is 2.22. The van der Waals surface area contributed by atoms with Gasteiger partial charge in [0.2, 0.25) is 5.91 Å². The van der Waals surface area contributed by atoms with Crippen LogP contribution in [0.3, 0.4) is 0 Å². The molecule has 0 spiro atoms. The van der Waals surface area contributed by atoms with Gasteiger partial charge >= 0.3 is 11.8 Å². The maximum Gasteiger partial charge on any atom is 0.424 e. The molecule has 0 aromatic carbocycles. The molecule has 1 saturated heterocycles. The quantitative estimate of drug-likeness (QED) is 0.484. The fraction of sp³-hybridized carbons (Fsp3) is 0.727. The number of nitrogens with zero attached hydrogens (tertiary/aromatic N) is 3. The zero-order chi connectivity index (χ0) is 24.6. The molecule has 2 rings (SSSR count). The molecule has 10 heteroatoms. The summed E-state index contributed by atoms with van der Waals surface area (Å²) in [7, 11) is -1.95. The second-order valence-electron chi connectivity index (χ2n) is 10.8. The van der Waals surface area contributed by atoms with E-state index in [9.17, 15) is 19.2 Å². The van der Waals surface area contributed by atoms with E-state index in [1.807, 2.05) is 0 Å². The van der Waals surface area contributed by atoms with E-state index in [-0.39, 0.29) is 23.6 Å². The minimum atomic E-state index is -1.95. The number of piperidine rings is 1. The van der Waals surface area contributed by atoms with Crippen LogP contribution in [0.5, 0.6) is 0 Å². The molecule has 0 radical (unpaired) electrons. The first-order valence-electron chi connectivity index (χ1n) is 11.0. The van der Waals surface area contributed by atoms with Crippen molar-refractivity contribution in [2.45, 2.75) is 97.6 Å². The fourth-order valence-corrected chi connectivity index (χ4v) is 4.33. The van der Waals surface area contributed by atoms with Gasteiger partial charge < -0.3 is 9.16 Å². The average Bonchev–Trinajstić information content (AvgIpc) is 2.87. The van der Waals surface area contributed by atoms with E-state index in [1.165, 1.54) is 9.13 Å². The van der Waals surface area contributed by atoms with Crippen LogP contribution in [0.25, 0.3) is 0 Å². The molecule has 9 nitrogen and oxygen atoms in total. The molecule has 1 aromatic heterocycles. The van der Waals surface area contributed by atoms with Crippen LogP contribution >= 0.6 is 0 Å². The Bertz CT molecular complexity index is 948. The van der Waals surface area contributed by atoms with Crippen molar-refractivity contribution in [2.24, 2.45) is 0 Å². The standard InChI is InChI=1S/C22H37N3O6Si/c1-15-14-23(12-13-30-32(8,9)22(5,6)7)19(28)24(15)16-10-11-17(26)25(18(16)27)20(29)31-21(2,3)4/h14,16H,10-13H2,1-9H3. The van der Waals surface area contributed by atoms with Crippen LogP contribution < -0.4 is 5.69 Å². The summed E-state index contributed by atoms with van der Waals surface area (Å²) in [5, 5.41) is 0.0615. The molecule has 1 aromatic rings. The molecular formula is C22H37N3O6Si. The third-order valence-corrected chi connectivity index (χ3v) is 10.6. The van der Waals surface area contributed by atoms with E-state index >= 15 is 0 Å². The lowest BCUT2D eigenvalue weighted by Gasteiger charge is -2.36. The van der Waals surface area contributed by atoms with E-state index in [0.717, 1.165) is 0 Å². The molecule has 2 heterocycles. The van der Waals surface area contributed by atoms with Gasteiger partial charge in [0.1, 0.15) is 11.6 Å².